The molecule has 0 aliphatic rings. The van der Waals surface area contributed by atoms with E-state index in [0.29, 0.717) is 47.5 Å². The Bertz CT molecular complexity index is 1240. The van der Waals surface area contributed by atoms with Gasteiger partial charge in [0.25, 0.3) is 0 Å². The van der Waals surface area contributed by atoms with Crippen molar-refractivity contribution in [2.75, 3.05) is 26.1 Å². The Labute approximate surface area is 183 Å². The molecule has 0 aliphatic heterocycles. The first-order valence-electron chi connectivity index (χ1n) is 9.87. The molecule has 0 fully saturated rings. The van der Waals surface area contributed by atoms with Crippen molar-refractivity contribution in [2.45, 2.75) is 13.5 Å². The SMILES string of the molecule is CCOc1nc(NCc2ccc(F)cc2)nc2nnc(-c3ccc(OC)c(OC)c3)nc12. The predicted molar refractivity (Wildman–Crippen MR) is 116 cm³/mol. The molecule has 4 rings (SSSR count). The number of anilines is 1. The van der Waals surface area contributed by atoms with Gasteiger partial charge in [-0.2, -0.15) is 9.97 Å². The minimum Gasteiger partial charge on any atom is -0.493 e. The van der Waals surface area contributed by atoms with E-state index in [2.05, 4.69) is 30.5 Å². The van der Waals surface area contributed by atoms with Crippen molar-refractivity contribution in [3.8, 4) is 28.8 Å². The molecular weight excluding hydrogens is 415 g/mol. The van der Waals surface area contributed by atoms with Crippen molar-refractivity contribution in [2.24, 2.45) is 0 Å². The fourth-order valence-electron chi connectivity index (χ4n) is 3.01. The van der Waals surface area contributed by atoms with Gasteiger partial charge >= 0.3 is 0 Å². The normalized spacial score (nSPS) is 10.8. The second-order valence-corrected chi connectivity index (χ2v) is 6.64. The van der Waals surface area contributed by atoms with Crippen LogP contribution in [0.15, 0.2) is 42.5 Å². The van der Waals surface area contributed by atoms with Gasteiger partial charge in [-0.3, -0.25) is 0 Å². The summed E-state index contributed by atoms with van der Waals surface area (Å²) in [6, 6.07) is 11.5. The van der Waals surface area contributed by atoms with Crippen LogP contribution in [0.25, 0.3) is 22.6 Å². The van der Waals surface area contributed by atoms with E-state index >= 15 is 0 Å². The summed E-state index contributed by atoms with van der Waals surface area (Å²) >= 11 is 0. The van der Waals surface area contributed by atoms with Gasteiger partial charge in [-0.15, -0.1) is 10.2 Å². The van der Waals surface area contributed by atoms with Gasteiger partial charge in [0.05, 0.1) is 20.8 Å². The van der Waals surface area contributed by atoms with E-state index < -0.39 is 0 Å². The molecule has 0 saturated carbocycles. The molecule has 4 aromatic rings. The maximum atomic E-state index is 13.1. The van der Waals surface area contributed by atoms with Gasteiger partial charge in [0.15, 0.2) is 22.8 Å². The smallest absolute Gasteiger partial charge is 0.247 e. The number of benzene rings is 2. The lowest BCUT2D eigenvalue weighted by atomic mass is 10.2. The first-order chi connectivity index (χ1) is 15.6. The average Bonchev–Trinajstić information content (AvgIpc) is 2.83. The molecule has 2 aromatic carbocycles. The molecule has 0 aliphatic carbocycles. The molecule has 0 amide bonds. The molecule has 10 heteroatoms. The molecule has 2 heterocycles. The van der Waals surface area contributed by atoms with Crippen LogP contribution in [0.5, 0.6) is 17.4 Å². The summed E-state index contributed by atoms with van der Waals surface area (Å²) in [5.74, 6) is 1.82. The lowest BCUT2D eigenvalue weighted by molar-refractivity contribution is 0.330. The number of aromatic nitrogens is 5. The van der Waals surface area contributed by atoms with Crippen molar-refractivity contribution < 1.29 is 18.6 Å². The summed E-state index contributed by atoms with van der Waals surface area (Å²) in [6.07, 6.45) is 0. The van der Waals surface area contributed by atoms with Gasteiger partial charge in [-0.25, -0.2) is 9.37 Å². The number of hydrogen-bond acceptors (Lipinski definition) is 9. The van der Waals surface area contributed by atoms with E-state index in [0.717, 1.165) is 5.56 Å². The summed E-state index contributed by atoms with van der Waals surface area (Å²) in [5, 5.41) is 11.5. The Hall–Kier alpha value is -4.08. The van der Waals surface area contributed by atoms with Crippen LogP contribution in [0, 0.1) is 5.82 Å². The Morgan fingerprint density at radius 1 is 0.906 bits per heavy atom. The Morgan fingerprint density at radius 3 is 2.41 bits per heavy atom. The van der Waals surface area contributed by atoms with Crippen molar-refractivity contribution in [1.82, 2.24) is 25.1 Å². The highest BCUT2D eigenvalue weighted by atomic mass is 19.1. The molecule has 0 bridgehead atoms. The van der Waals surface area contributed by atoms with E-state index in [1.165, 1.54) is 12.1 Å². The topological polar surface area (TPSA) is 104 Å². The number of hydrogen-bond donors (Lipinski definition) is 1. The Kier molecular flexibility index (Phi) is 6.20. The molecular formula is C22H21FN6O3. The lowest BCUT2D eigenvalue weighted by Gasteiger charge is -2.11. The summed E-state index contributed by atoms with van der Waals surface area (Å²) in [7, 11) is 3.13. The van der Waals surface area contributed by atoms with E-state index in [4.69, 9.17) is 14.2 Å². The highest BCUT2D eigenvalue weighted by Gasteiger charge is 2.16. The highest BCUT2D eigenvalue weighted by molar-refractivity contribution is 5.78. The zero-order valence-electron chi connectivity index (χ0n) is 17.8. The van der Waals surface area contributed by atoms with E-state index in [9.17, 15) is 4.39 Å². The lowest BCUT2D eigenvalue weighted by Crippen LogP contribution is -2.08. The molecule has 0 spiro atoms. The molecule has 0 saturated heterocycles. The van der Waals surface area contributed by atoms with Gasteiger partial charge in [-0.1, -0.05) is 12.1 Å². The molecule has 0 unspecified atom stereocenters. The van der Waals surface area contributed by atoms with Crippen LogP contribution in [0.2, 0.25) is 0 Å². The minimum absolute atomic E-state index is 0.286. The molecule has 1 N–H and O–H groups in total. The first kappa shape index (κ1) is 21.2. The monoisotopic (exact) mass is 436 g/mol. The van der Waals surface area contributed by atoms with Gasteiger partial charge in [0.2, 0.25) is 17.5 Å². The van der Waals surface area contributed by atoms with Crippen LogP contribution in [0.4, 0.5) is 10.3 Å². The summed E-state index contributed by atoms with van der Waals surface area (Å²) in [6.45, 7) is 2.64. The molecule has 0 atom stereocenters. The number of nitrogens with one attached hydrogen (secondary N) is 1. The quantitative estimate of drug-likeness (QED) is 0.443. The summed E-state index contributed by atoms with van der Waals surface area (Å²) in [5.41, 5.74) is 2.24. The fraction of sp³-hybridized carbons (Fsp3) is 0.227. The number of nitrogens with zero attached hydrogens (tertiary/aromatic N) is 5. The van der Waals surface area contributed by atoms with Crippen molar-refractivity contribution in [3.05, 3.63) is 53.8 Å². The van der Waals surface area contributed by atoms with Crippen LogP contribution in [-0.4, -0.2) is 46.0 Å². The zero-order valence-corrected chi connectivity index (χ0v) is 17.8. The van der Waals surface area contributed by atoms with Crippen molar-refractivity contribution >= 4 is 17.1 Å². The van der Waals surface area contributed by atoms with Crippen LogP contribution < -0.4 is 19.5 Å². The Morgan fingerprint density at radius 2 is 1.69 bits per heavy atom. The maximum absolute atomic E-state index is 13.1. The molecule has 9 nitrogen and oxygen atoms in total. The molecule has 2 aromatic heterocycles. The van der Waals surface area contributed by atoms with Crippen molar-refractivity contribution in [1.29, 1.82) is 0 Å². The summed E-state index contributed by atoms with van der Waals surface area (Å²) in [4.78, 5) is 13.4. The molecule has 32 heavy (non-hydrogen) atoms. The number of fused-ring (bicyclic) bond motifs is 1. The number of rotatable bonds is 8. The second-order valence-electron chi connectivity index (χ2n) is 6.64. The summed E-state index contributed by atoms with van der Waals surface area (Å²) < 4.78 is 29.4. The third kappa shape index (κ3) is 4.48. The molecule has 0 radical (unpaired) electrons. The number of ether oxygens (including phenoxy) is 3. The number of methoxy groups -OCH3 is 2. The van der Waals surface area contributed by atoms with E-state index in [-0.39, 0.29) is 17.3 Å². The minimum atomic E-state index is -0.291. The predicted octanol–water partition coefficient (Wildman–Crippen LogP) is 3.65. The van der Waals surface area contributed by atoms with Gasteiger partial charge in [0.1, 0.15) is 5.82 Å². The first-order valence-corrected chi connectivity index (χ1v) is 9.87. The van der Waals surface area contributed by atoms with Crippen molar-refractivity contribution in [3.63, 3.8) is 0 Å². The van der Waals surface area contributed by atoms with Crippen LogP contribution in [0.1, 0.15) is 12.5 Å². The van der Waals surface area contributed by atoms with Gasteiger partial charge in [-0.05, 0) is 42.8 Å². The largest absolute Gasteiger partial charge is 0.493 e. The average molecular weight is 436 g/mol. The third-order valence-electron chi connectivity index (χ3n) is 4.58. The maximum Gasteiger partial charge on any atom is 0.247 e. The Balaban J connectivity index is 1.67. The molecule has 164 valence electrons. The van der Waals surface area contributed by atoms with E-state index in [1.807, 2.05) is 13.0 Å². The fourth-order valence-corrected chi connectivity index (χ4v) is 3.01. The van der Waals surface area contributed by atoms with Gasteiger partial charge < -0.3 is 19.5 Å². The van der Waals surface area contributed by atoms with Gasteiger partial charge in [0, 0.05) is 12.1 Å². The van der Waals surface area contributed by atoms with Crippen LogP contribution >= 0.6 is 0 Å². The number of halogens is 1. The third-order valence-corrected chi connectivity index (χ3v) is 4.58. The zero-order chi connectivity index (χ0) is 22.5. The van der Waals surface area contributed by atoms with Crippen LogP contribution in [0.3, 0.4) is 0 Å². The highest BCUT2D eigenvalue weighted by Crippen LogP contribution is 2.31. The van der Waals surface area contributed by atoms with E-state index in [1.54, 1.807) is 38.5 Å². The standard InChI is InChI=1S/C22H21FN6O3/c1-4-32-21-18-20(26-22(27-21)24-12-13-5-8-15(23)9-6-13)29-28-19(25-18)14-7-10-16(30-2)17(11-14)31-3/h5-11H,4,12H2,1-3H3,(H,24,26,27,29). The van der Waals surface area contributed by atoms with Crippen LogP contribution in [-0.2, 0) is 6.54 Å². The second kappa shape index (κ2) is 9.38.